The summed E-state index contributed by atoms with van der Waals surface area (Å²) in [5.74, 6) is -0.0668. The zero-order valence-corrected chi connectivity index (χ0v) is 14.5. The van der Waals surface area contributed by atoms with Gasteiger partial charge in [-0.2, -0.15) is 5.10 Å². The van der Waals surface area contributed by atoms with Crippen LogP contribution in [0.4, 0.5) is 0 Å². The molecule has 0 spiro atoms. The molecule has 0 aliphatic carbocycles. The molecule has 24 heavy (non-hydrogen) atoms. The molecule has 1 amide bonds. The summed E-state index contributed by atoms with van der Waals surface area (Å²) in [6, 6.07) is 8.37. The summed E-state index contributed by atoms with van der Waals surface area (Å²) in [6.07, 6.45) is 1.93. The number of piperidine rings is 1. The van der Waals surface area contributed by atoms with Crippen molar-refractivity contribution in [3.05, 3.63) is 30.0 Å². The van der Waals surface area contributed by atoms with Gasteiger partial charge in [-0.05, 0) is 32.8 Å². The van der Waals surface area contributed by atoms with Crippen LogP contribution in [-0.4, -0.2) is 52.8 Å². The Morgan fingerprint density at radius 1 is 1.33 bits per heavy atom. The molecule has 1 fully saturated rings. The lowest BCUT2D eigenvalue weighted by Gasteiger charge is -2.31. The molecule has 1 aromatic heterocycles. The SMILES string of the molecule is CC(C)n1nc(C(=O)NC2CCN(CCN)CC2)c2ccccc21. The first kappa shape index (κ1) is 16.9. The first-order chi connectivity index (χ1) is 11.6. The third-order valence-corrected chi connectivity index (χ3v) is 4.69. The van der Waals surface area contributed by atoms with Crippen molar-refractivity contribution in [1.82, 2.24) is 20.0 Å². The van der Waals surface area contributed by atoms with Gasteiger partial charge in [-0.1, -0.05) is 18.2 Å². The maximum atomic E-state index is 12.7. The number of likely N-dealkylation sites (tertiary alicyclic amines) is 1. The van der Waals surface area contributed by atoms with Gasteiger partial charge in [0.05, 0.1) is 5.52 Å². The lowest BCUT2D eigenvalue weighted by molar-refractivity contribution is 0.0907. The largest absolute Gasteiger partial charge is 0.348 e. The average molecular weight is 329 g/mol. The molecule has 2 aromatic rings. The van der Waals surface area contributed by atoms with Crippen LogP contribution in [0.3, 0.4) is 0 Å². The second kappa shape index (κ2) is 7.32. The Kier molecular flexibility index (Phi) is 5.16. The fourth-order valence-corrected chi connectivity index (χ4v) is 3.39. The summed E-state index contributed by atoms with van der Waals surface area (Å²) in [5, 5.41) is 8.67. The summed E-state index contributed by atoms with van der Waals surface area (Å²) in [4.78, 5) is 15.1. The minimum atomic E-state index is -0.0668. The highest BCUT2D eigenvalue weighted by molar-refractivity contribution is 6.05. The van der Waals surface area contributed by atoms with Gasteiger partial charge in [-0.15, -0.1) is 0 Å². The van der Waals surface area contributed by atoms with E-state index in [1.165, 1.54) is 0 Å². The molecule has 1 aromatic carbocycles. The molecular weight excluding hydrogens is 302 g/mol. The number of carbonyl (C=O) groups is 1. The minimum Gasteiger partial charge on any atom is -0.348 e. The normalized spacial score (nSPS) is 16.8. The van der Waals surface area contributed by atoms with Crippen LogP contribution in [0, 0.1) is 0 Å². The van der Waals surface area contributed by atoms with Gasteiger partial charge >= 0.3 is 0 Å². The Labute approximate surface area is 143 Å². The molecule has 0 atom stereocenters. The lowest BCUT2D eigenvalue weighted by atomic mass is 10.0. The zero-order valence-electron chi connectivity index (χ0n) is 14.5. The number of nitrogens with zero attached hydrogens (tertiary/aromatic N) is 3. The first-order valence-electron chi connectivity index (χ1n) is 8.80. The second-order valence-electron chi connectivity index (χ2n) is 6.78. The van der Waals surface area contributed by atoms with Gasteiger partial charge in [-0.3, -0.25) is 9.48 Å². The van der Waals surface area contributed by atoms with Gasteiger partial charge in [0.1, 0.15) is 0 Å². The molecule has 3 N–H and O–H groups in total. The third kappa shape index (κ3) is 3.44. The topological polar surface area (TPSA) is 76.2 Å². The quantitative estimate of drug-likeness (QED) is 0.876. The van der Waals surface area contributed by atoms with Crippen molar-refractivity contribution in [3.63, 3.8) is 0 Å². The van der Waals surface area contributed by atoms with E-state index in [4.69, 9.17) is 5.73 Å². The van der Waals surface area contributed by atoms with Gasteiger partial charge in [0, 0.05) is 43.6 Å². The molecule has 3 rings (SSSR count). The standard InChI is InChI=1S/C18H27N5O/c1-13(2)23-16-6-4-3-5-15(16)17(21-23)18(24)20-14-7-10-22(11-8-14)12-9-19/h3-6,13-14H,7-12,19H2,1-2H3,(H,20,24). The number of rotatable bonds is 5. The van der Waals surface area contributed by atoms with E-state index in [1.54, 1.807) is 0 Å². The number of para-hydroxylation sites is 1. The maximum absolute atomic E-state index is 12.7. The number of carbonyl (C=O) groups excluding carboxylic acids is 1. The van der Waals surface area contributed by atoms with Gasteiger partial charge in [0.25, 0.3) is 5.91 Å². The molecule has 2 heterocycles. The van der Waals surface area contributed by atoms with Crippen molar-refractivity contribution in [1.29, 1.82) is 0 Å². The predicted molar refractivity (Wildman–Crippen MR) is 96.1 cm³/mol. The van der Waals surface area contributed by atoms with Crippen LogP contribution in [0.2, 0.25) is 0 Å². The van der Waals surface area contributed by atoms with Crippen molar-refractivity contribution >= 4 is 16.8 Å². The van der Waals surface area contributed by atoms with Crippen LogP contribution in [-0.2, 0) is 0 Å². The summed E-state index contributed by atoms with van der Waals surface area (Å²) in [7, 11) is 0. The Morgan fingerprint density at radius 3 is 2.71 bits per heavy atom. The van der Waals surface area contributed by atoms with E-state index in [1.807, 2.05) is 28.9 Å². The van der Waals surface area contributed by atoms with Crippen LogP contribution < -0.4 is 11.1 Å². The Bertz CT molecular complexity index is 700. The molecule has 0 saturated carbocycles. The maximum Gasteiger partial charge on any atom is 0.272 e. The van der Waals surface area contributed by atoms with E-state index in [0.717, 1.165) is 43.4 Å². The van der Waals surface area contributed by atoms with E-state index in [9.17, 15) is 4.79 Å². The van der Waals surface area contributed by atoms with Crippen molar-refractivity contribution in [2.24, 2.45) is 5.73 Å². The molecule has 0 radical (unpaired) electrons. The van der Waals surface area contributed by atoms with Crippen molar-refractivity contribution in [2.75, 3.05) is 26.2 Å². The Hall–Kier alpha value is -1.92. The van der Waals surface area contributed by atoms with Crippen molar-refractivity contribution in [3.8, 4) is 0 Å². The predicted octanol–water partition coefficient (Wildman–Crippen LogP) is 1.77. The molecular formula is C18H27N5O. The number of aromatic nitrogens is 2. The molecule has 1 aliphatic heterocycles. The summed E-state index contributed by atoms with van der Waals surface area (Å²) in [6.45, 7) is 7.76. The van der Waals surface area contributed by atoms with E-state index in [0.29, 0.717) is 12.2 Å². The van der Waals surface area contributed by atoms with Crippen LogP contribution in [0.15, 0.2) is 24.3 Å². The number of amides is 1. The van der Waals surface area contributed by atoms with Gasteiger partial charge < -0.3 is 16.0 Å². The zero-order chi connectivity index (χ0) is 17.1. The fourth-order valence-electron chi connectivity index (χ4n) is 3.39. The van der Waals surface area contributed by atoms with Gasteiger partial charge in [0.15, 0.2) is 5.69 Å². The number of hydrogen-bond acceptors (Lipinski definition) is 4. The van der Waals surface area contributed by atoms with Crippen LogP contribution in [0.25, 0.3) is 10.9 Å². The molecule has 6 nitrogen and oxygen atoms in total. The van der Waals surface area contributed by atoms with E-state index in [2.05, 4.69) is 29.2 Å². The highest BCUT2D eigenvalue weighted by Crippen LogP contribution is 2.22. The van der Waals surface area contributed by atoms with Crippen molar-refractivity contribution in [2.45, 2.75) is 38.8 Å². The van der Waals surface area contributed by atoms with Gasteiger partial charge in [-0.25, -0.2) is 0 Å². The molecule has 0 unspecified atom stereocenters. The number of fused-ring (bicyclic) bond motifs is 1. The smallest absolute Gasteiger partial charge is 0.272 e. The first-order valence-corrected chi connectivity index (χ1v) is 8.80. The lowest BCUT2D eigenvalue weighted by Crippen LogP contribution is -2.45. The van der Waals surface area contributed by atoms with Gasteiger partial charge in [0.2, 0.25) is 0 Å². The fraction of sp³-hybridized carbons (Fsp3) is 0.556. The second-order valence-corrected chi connectivity index (χ2v) is 6.78. The highest BCUT2D eigenvalue weighted by Gasteiger charge is 2.23. The van der Waals surface area contributed by atoms with E-state index in [-0.39, 0.29) is 18.0 Å². The third-order valence-electron chi connectivity index (χ3n) is 4.69. The summed E-state index contributed by atoms with van der Waals surface area (Å²) >= 11 is 0. The highest BCUT2D eigenvalue weighted by atomic mass is 16.2. The molecule has 0 bridgehead atoms. The number of nitrogens with two attached hydrogens (primary N) is 1. The van der Waals surface area contributed by atoms with Crippen LogP contribution in [0.5, 0.6) is 0 Å². The molecule has 6 heteroatoms. The summed E-state index contributed by atoms with van der Waals surface area (Å²) < 4.78 is 1.92. The van der Waals surface area contributed by atoms with Crippen LogP contribution >= 0.6 is 0 Å². The monoisotopic (exact) mass is 329 g/mol. The number of nitrogens with one attached hydrogen (secondary N) is 1. The van der Waals surface area contributed by atoms with E-state index < -0.39 is 0 Å². The Morgan fingerprint density at radius 2 is 2.04 bits per heavy atom. The molecule has 1 saturated heterocycles. The number of hydrogen-bond donors (Lipinski definition) is 2. The van der Waals surface area contributed by atoms with E-state index >= 15 is 0 Å². The molecule has 1 aliphatic rings. The average Bonchev–Trinajstić information content (AvgIpc) is 2.97. The van der Waals surface area contributed by atoms with Crippen molar-refractivity contribution < 1.29 is 4.79 Å². The molecule has 130 valence electrons. The number of benzene rings is 1. The Balaban J connectivity index is 1.73. The van der Waals surface area contributed by atoms with Crippen LogP contribution in [0.1, 0.15) is 43.2 Å². The summed E-state index contributed by atoms with van der Waals surface area (Å²) in [5.41, 5.74) is 7.15. The minimum absolute atomic E-state index is 0.0668.